The maximum atomic E-state index is 12.0. The number of nitrogens with one attached hydrogen (secondary N) is 2. The first-order valence-corrected chi connectivity index (χ1v) is 7.42. The topological polar surface area (TPSA) is 64.8 Å². The highest BCUT2D eigenvalue weighted by Crippen LogP contribution is 2.28. The van der Waals surface area contributed by atoms with E-state index in [1.54, 1.807) is 12.4 Å². The lowest BCUT2D eigenvalue weighted by Crippen LogP contribution is -2.16. The molecule has 0 aliphatic rings. The molecule has 0 aliphatic carbocycles. The van der Waals surface area contributed by atoms with E-state index in [4.69, 9.17) is 11.6 Å². The third-order valence-corrected chi connectivity index (χ3v) is 4.01. The van der Waals surface area contributed by atoms with Gasteiger partial charge in [0.15, 0.2) is 0 Å². The van der Waals surface area contributed by atoms with Crippen molar-refractivity contribution >= 4 is 22.4 Å². The van der Waals surface area contributed by atoms with E-state index in [0.29, 0.717) is 10.5 Å². The summed E-state index contributed by atoms with van der Waals surface area (Å²) >= 11 is 6.11. The minimum atomic E-state index is -0.0755. The molecule has 5 nitrogen and oxygen atoms in total. The van der Waals surface area contributed by atoms with Crippen molar-refractivity contribution in [1.29, 1.82) is 0 Å². The van der Waals surface area contributed by atoms with Crippen LogP contribution in [0.15, 0.2) is 35.4 Å². The number of hydrogen-bond acceptors (Lipinski definition) is 3. The summed E-state index contributed by atoms with van der Waals surface area (Å²) in [6, 6.07) is 5.74. The predicted octanol–water partition coefficient (Wildman–Crippen LogP) is 2.68. The Morgan fingerprint density at radius 2 is 2.09 bits per heavy atom. The largest absolute Gasteiger partial charge is 0.328 e. The first-order valence-electron chi connectivity index (χ1n) is 7.04. The monoisotopic (exact) mass is 316 g/mol. The lowest BCUT2D eigenvalue weighted by Gasteiger charge is -2.11. The maximum Gasteiger partial charge on any atom is 0.255 e. The third kappa shape index (κ3) is 2.77. The number of likely N-dealkylation sites (N-methyl/N-ethyl adjacent to an activating group) is 1. The predicted molar refractivity (Wildman–Crippen MR) is 89.4 cm³/mol. The van der Waals surface area contributed by atoms with Crippen molar-refractivity contribution < 1.29 is 0 Å². The van der Waals surface area contributed by atoms with Crippen LogP contribution in [-0.4, -0.2) is 40.7 Å². The number of aromatic nitrogens is 3. The number of H-pyrrole nitrogens is 2. The van der Waals surface area contributed by atoms with Gasteiger partial charge in [0.25, 0.3) is 5.56 Å². The van der Waals surface area contributed by atoms with Crippen molar-refractivity contribution in [3.63, 3.8) is 0 Å². The van der Waals surface area contributed by atoms with Crippen molar-refractivity contribution in [3.05, 3.63) is 51.7 Å². The van der Waals surface area contributed by atoms with Gasteiger partial charge in [-0.2, -0.15) is 5.10 Å². The zero-order valence-electron chi connectivity index (χ0n) is 12.5. The smallest absolute Gasteiger partial charge is 0.255 e. The van der Waals surface area contributed by atoms with Gasteiger partial charge in [-0.25, -0.2) is 0 Å². The van der Waals surface area contributed by atoms with Crippen molar-refractivity contribution in [2.24, 2.45) is 0 Å². The molecule has 3 aromatic rings. The molecule has 0 aliphatic heterocycles. The molecule has 2 N–H and O–H groups in total. The minimum Gasteiger partial charge on any atom is -0.328 e. The summed E-state index contributed by atoms with van der Waals surface area (Å²) in [6.07, 6.45) is 4.36. The highest BCUT2D eigenvalue weighted by molar-refractivity contribution is 6.32. The molecule has 3 rings (SSSR count). The van der Waals surface area contributed by atoms with Crippen molar-refractivity contribution in [1.82, 2.24) is 20.1 Å². The summed E-state index contributed by atoms with van der Waals surface area (Å²) in [5.41, 5.74) is 2.82. The van der Waals surface area contributed by atoms with Crippen LogP contribution < -0.4 is 5.56 Å². The van der Waals surface area contributed by atoms with Crippen molar-refractivity contribution in [2.45, 2.75) is 6.42 Å². The number of aromatic amines is 2. The summed E-state index contributed by atoms with van der Waals surface area (Å²) < 4.78 is 0. The summed E-state index contributed by atoms with van der Waals surface area (Å²) in [5.74, 6) is 0. The van der Waals surface area contributed by atoms with E-state index in [1.807, 2.05) is 32.3 Å². The summed E-state index contributed by atoms with van der Waals surface area (Å²) in [4.78, 5) is 17.0. The molecule has 0 unspecified atom stereocenters. The number of nitrogens with zero attached hydrogens (tertiary/aromatic N) is 2. The first kappa shape index (κ1) is 14.8. The maximum absolute atomic E-state index is 12.0. The van der Waals surface area contributed by atoms with Gasteiger partial charge < -0.3 is 9.88 Å². The quantitative estimate of drug-likeness (QED) is 0.778. The number of fused-ring (bicyclic) bond motifs is 1. The zero-order valence-corrected chi connectivity index (χ0v) is 13.2. The Balaban J connectivity index is 2.14. The normalized spacial score (nSPS) is 11.5. The van der Waals surface area contributed by atoms with Crippen LogP contribution in [0.5, 0.6) is 0 Å². The average molecular weight is 317 g/mol. The molecular weight excluding hydrogens is 300 g/mol. The fourth-order valence-electron chi connectivity index (χ4n) is 2.51. The van der Waals surface area contributed by atoms with Crippen LogP contribution in [0.4, 0.5) is 0 Å². The third-order valence-electron chi connectivity index (χ3n) is 3.72. The van der Waals surface area contributed by atoms with E-state index in [2.05, 4.69) is 20.1 Å². The molecule has 0 amide bonds. The van der Waals surface area contributed by atoms with Gasteiger partial charge in [0.1, 0.15) is 5.15 Å². The van der Waals surface area contributed by atoms with Gasteiger partial charge in [-0.05, 0) is 49.2 Å². The highest BCUT2D eigenvalue weighted by atomic mass is 35.5. The summed E-state index contributed by atoms with van der Waals surface area (Å²) in [6.45, 7) is 0.915. The van der Waals surface area contributed by atoms with Gasteiger partial charge in [-0.1, -0.05) is 17.7 Å². The fourth-order valence-corrected chi connectivity index (χ4v) is 2.71. The molecule has 0 bridgehead atoms. The molecule has 0 saturated carbocycles. The highest BCUT2D eigenvalue weighted by Gasteiger charge is 2.10. The average Bonchev–Trinajstić information content (AvgIpc) is 2.92. The molecule has 0 spiro atoms. The Labute approximate surface area is 132 Å². The SMILES string of the molecule is CN(C)CCc1c[nH]c(=O)c2ccc(-c3cn[nH]c3Cl)cc12. The van der Waals surface area contributed by atoms with Gasteiger partial charge in [0.05, 0.1) is 6.20 Å². The molecule has 0 radical (unpaired) electrons. The van der Waals surface area contributed by atoms with Crippen LogP contribution in [0, 0.1) is 0 Å². The van der Waals surface area contributed by atoms with Gasteiger partial charge in [0.2, 0.25) is 0 Å². The standard InChI is InChI=1S/C16H17ClN4O/c1-21(2)6-5-11-8-18-16(22)12-4-3-10(7-13(11)12)14-9-19-20-15(14)17/h3-4,7-9H,5-6H2,1-2H3,(H,18,22)(H,19,20). The molecule has 0 atom stereocenters. The van der Waals surface area contributed by atoms with Gasteiger partial charge in [0, 0.05) is 23.7 Å². The summed E-state index contributed by atoms with van der Waals surface area (Å²) in [7, 11) is 4.06. The van der Waals surface area contributed by atoms with E-state index >= 15 is 0 Å². The number of halogens is 1. The van der Waals surface area contributed by atoms with Gasteiger partial charge in [-0.15, -0.1) is 0 Å². The van der Waals surface area contributed by atoms with E-state index in [1.165, 1.54) is 0 Å². The Hall–Kier alpha value is -2.11. The second kappa shape index (κ2) is 5.94. The second-order valence-corrected chi connectivity index (χ2v) is 5.93. The van der Waals surface area contributed by atoms with E-state index in [0.717, 1.165) is 35.0 Å². The zero-order chi connectivity index (χ0) is 15.7. The van der Waals surface area contributed by atoms with E-state index < -0.39 is 0 Å². The molecule has 2 heterocycles. The number of rotatable bonds is 4. The number of hydrogen-bond donors (Lipinski definition) is 2. The van der Waals surface area contributed by atoms with E-state index in [-0.39, 0.29) is 5.56 Å². The Kier molecular flexibility index (Phi) is 4.00. The molecule has 22 heavy (non-hydrogen) atoms. The second-order valence-electron chi connectivity index (χ2n) is 5.55. The van der Waals surface area contributed by atoms with Crippen LogP contribution >= 0.6 is 11.6 Å². The first-order chi connectivity index (χ1) is 10.6. The molecule has 0 saturated heterocycles. The van der Waals surface area contributed by atoms with Crippen molar-refractivity contribution in [3.8, 4) is 11.1 Å². The Bertz CT molecular complexity index is 866. The van der Waals surface area contributed by atoms with E-state index in [9.17, 15) is 4.79 Å². The van der Waals surface area contributed by atoms with Crippen LogP contribution in [0.3, 0.4) is 0 Å². The fraction of sp³-hybridized carbons (Fsp3) is 0.250. The summed E-state index contributed by atoms with van der Waals surface area (Å²) in [5, 5.41) is 8.82. The number of benzene rings is 1. The van der Waals surface area contributed by atoms with Crippen LogP contribution in [0.2, 0.25) is 5.15 Å². The van der Waals surface area contributed by atoms with Crippen LogP contribution in [0.25, 0.3) is 21.9 Å². The van der Waals surface area contributed by atoms with Crippen LogP contribution in [0.1, 0.15) is 5.56 Å². The molecule has 2 aromatic heterocycles. The lowest BCUT2D eigenvalue weighted by molar-refractivity contribution is 0.414. The number of pyridine rings is 1. The molecule has 0 fully saturated rings. The van der Waals surface area contributed by atoms with Crippen LogP contribution in [-0.2, 0) is 6.42 Å². The molecule has 1 aromatic carbocycles. The van der Waals surface area contributed by atoms with Crippen molar-refractivity contribution in [2.75, 3.05) is 20.6 Å². The Morgan fingerprint density at radius 1 is 1.27 bits per heavy atom. The minimum absolute atomic E-state index is 0.0755. The lowest BCUT2D eigenvalue weighted by atomic mass is 10.00. The molecule has 114 valence electrons. The van der Waals surface area contributed by atoms with Gasteiger partial charge in [-0.3, -0.25) is 9.89 Å². The molecular formula is C16H17ClN4O. The Morgan fingerprint density at radius 3 is 2.77 bits per heavy atom. The molecule has 6 heteroatoms. The van der Waals surface area contributed by atoms with Gasteiger partial charge >= 0.3 is 0 Å².